The van der Waals surface area contributed by atoms with Crippen LogP contribution < -0.4 is 0 Å². The van der Waals surface area contributed by atoms with Gasteiger partial charge in [-0.15, -0.1) is 0 Å². The van der Waals surface area contributed by atoms with E-state index in [1.807, 2.05) is 4.90 Å². The van der Waals surface area contributed by atoms with Gasteiger partial charge in [-0.05, 0) is 24.1 Å². The number of carbonyl (C=O) groups excluding carboxylic acids is 1. The Kier molecular flexibility index (Phi) is 4.67. The summed E-state index contributed by atoms with van der Waals surface area (Å²) in [7, 11) is 1.75. The van der Waals surface area contributed by atoms with E-state index in [9.17, 15) is 18.7 Å². The Labute approximate surface area is 116 Å². The minimum Gasteiger partial charge on any atom is -0.387 e. The van der Waals surface area contributed by atoms with Crippen LogP contribution in [0.25, 0.3) is 0 Å². The van der Waals surface area contributed by atoms with E-state index in [2.05, 4.69) is 0 Å². The second kappa shape index (κ2) is 6.28. The lowest BCUT2D eigenvalue weighted by Gasteiger charge is -2.22. The Hall–Kier alpha value is -1.53. The van der Waals surface area contributed by atoms with Gasteiger partial charge >= 0.3 is 0 Å². The number of carbonyl (C=O) groups is 1. The standard InChI is InChI=1S/C14H18F2N2O2/c1-17-5-2-6-18(9-14(17)20)8-13(19)10-3-4-11(15)12(16)7-10/h3-4,7,13,19H,2,5-6,8-9H2,1H3/t13-/m0/s1. The summed E-state index contributed by atoms with van der Waals surface area (Å²) in [5.74, 6) is -1.92. The average Bonchev–Trinajstić information content (AvgIpc) is 2.55. The number of nitrogens with zero attached hydrogens (tertiary/aromatic N) is 2. The molecular formula is C14H18F2N2O2. The van der Waals surface area contributed by atoms with E-state index in [-0.39, 0.29) is 19.0 Å². The van der Waals surface area contributed by atoms with Crippen LogP contribution in [0.3, 0.4) is 0 Å². The molecule has 4 nitrogen and oxygen atoms in total. The van der Waals surface area contributed by atoms with Gasteiger partial charge in [-0.1, -0.05) is 6.07 Å². The molecule has 110 valence electrons. The lowest BCUT2D eigenvalue weighted by atomic mass is 10.1. The number of hydrogen-bond acceptors (Lipinski definition) is 3. The van der Waals surface area contributed by atoms with Crippen LogP contribution >= 0.6 is 0 Å². The maximum Gasteiger partial charge on any atom is 0.236 e. The molecule has 0 spiro atoms. The van der Waals surface area contributed by atoms with Crippen molar-refractivity contribution in [2.45, 2.75) is 12.5 Å². The fourth-order valence-corrected chi connectivity index (χ4v) is 2.27. The Balaban J connectivity index is 2.01. The zero-order valence-corrected chi connectivity index (χ0v) is 11.4. The number of amides is 1. The molecule has 1 saturated heterocycles. The summed E-state index contributed by atoms with van der Waals surface area (Å²) in [6.07, 6.45) is -0.117. The fraction of sp³-hybridized carbons (Fsp3) is 0.500. The van der Waals surface area contributed by atoms with E-state index >= 15 is 0 Å². The SMILES string of the molecule is CN1CCCN(C[C@H](O)c2ccc(F)c(F)c2)CC1=O. The molecule has 2 rings (SSSR count). The van der Waals surface area contributed by atoms with Crippen LogP contribution in [-0.4, -0.2) is 54.0 Å². The van der Waals surface area contributed by atoms with Gasteiger partial charge in [0.25, 0.3) is 0 Å². The summed E-state index contributed by atoms with van der Waals surface area (Å²) in [4.78, 5) is 15.2. The van der Waals surface area contributed by atoms with Gasteiger partial charge in [-0.3, -0.25) is 9.69 Å². The molecule has 6 heteroatoms. The lowest BCUT2D eigenvalue weighted by Crippen LogP contribution is -2.36. The van der Waals surface area contributed by atoms with Crippen molar-refractivity contribution in [2.75, 3.05) is 33.2 Å². The Morgan fingerprint density at radius 1 is 1.30 bits per heavy atom. The van der Waals surface area contributed by atoms with E-state index in [0.29, 0.717) is 18.7 Å². The lowest BCUT2D eigenvalue weighted by molar-refractivity contribution is -0.130. The molecule has 1 aromatic carbocycles. The first-order valence-corrected chi connectivity index (χ1v) is 6.56. The number of halogens is 2. The van der Waals surface area contributed by atoms with Crippen molar-refractivity contribution < 1.29 is 18.7 Å². The third-order valence-electron chi connectivity index (χ3n) is 3.51. The van der Waals surface area contributed by atoms with Crippen molar-refractivity contribution in [3.63, 3.8) is 0 Å². The third kappa shape index (κ3) is 3.52. The molecule has 0 unspecified atom stereocenters. The molecule has 1 aliphatic rings. The van der Waals surface area contributed by atoms with Gasteiger partial charge in [0, 0.05) is 26.7 Å². The number of β-amino-alcohol motifs (C(OH)–C–C–N with tert-alkyl or cyclic N) is 1. The number of rotatable bonds is 3. The van der Waals surface area contributed by atoms with Crippen molar-refractivity contribution >= 4 is 5.91 Å². The first kappa shape index (κ1) is 14.9. The van der Waals surface area contributed by atoms with Gasteiger partial charge in [-0.2, -0.15) is 0 Å². The Morgan fingerprint density at radius 2 is 2.05 bits per heavy atom. The summed E-state index contributed by atoms with van der Waals surface area (Å²) in [5.41, 5.74) is 0.314. The summed E-state index contributed by atoms with van der Waals surface area (Å²) in [6, 6.07) is 3.34. The highest BCUT2D eigenvalue weighted by Crippen LogP contribution is 2.18. The maximum absolute atomic E-state index is 13.1. The molecular weight excluding hydrogens is 266 g/mol. The predicted molar refractivity (Wildman–Crippen MR) is 70.0 cm³/mol. The van der Waals surface area contributed by atoms with Gasteiger partial charge in [0.05, 0.1) is 12.6 Å². The van der Waals surface area contributed by atoms with Crippen molar-refractivity contribution in [3.8, 4) is 0 Å². The summed E-state index contributed by atoms with van der Waals surface area (Å²) in [6.45, 7) is 1.84. The number of aliphatic hydroxyl groups excluding tert-OH is 1. The molecule has 1 fully saturated rings. The van der Waals surface area contributed by atoms with Crippen LogP contribution in [0.4, 0.5) is 8.78 Å². The maximum atomic E-state index is 13.1. The van der Waals surface area contributed by atoms with Crippen molar-refractivity contribution in [3.05, 3.63) is 35.4 Å². The summed E-state index contributed by atoms with van der Waals surface area (Å²) < 4.78 is 26.0. The van der Waals surface area contributed by atoms with Gasteiger partial charge < -0.3 is 10.0 Å². The molecule has 1 N–H and O–H groups in total. The molecule has 1 aliphatic heterocycles. The quantitative estimate of drug-likeness (QED) is 0.906. The smallest absolute Gasteiger partial charge is 0.236 e. The summed E-state index contributed by atoms with van der Waals surface area (Å²) in [5, 5.41) is 10.1. The van der Waals surface area contributed by atoms with E-state index < -0.39 is 17.7 Å². The molecule has 0 aromatic heterocycles. The minimum absolute atomic E-state index is 0.0000123. The van der Waals surface area contributed by atoms with E-state index in [0.717, 1.165) is 18.6 Å². The van der Waals surface area contributed by atoms with Crippen LogP contribution in [0.2, 0.25) is 0 Å². The molecule has 1 amide bonds. The molecule has 0 radical (unpaired) electrons. The molecule has 0 saturated carbocycles. The van der Waals surface area contributed by atoms with Gasteiger partial charge in [0.15, 0.2) is 11.6 Å². The van der Waals surface area contributed by atoms with Crippen LogP contribution in [0.1, 0.15) is 18.1 Å². The van der Waals surface area contributed by atoms with Gasteiger partial charge in [0.1, 0.15) is 0 Å². The second-order valence-corrected chi connectivity index (χ2v) is 5.09. The van der Waals surface area contributed by atoms with Crippen LogP contribution in [-0.2, 0) is 4.79 Å². The number of likely N-dealkylation sites (N-methyl/N-ethyl adjacent to an activating group) is 1. The van der Waals surface area contributed by atoms with Gasteiger partial charge in [-0.25, -0.2) is 8.78 Å². The molecule has 0 aliphatic carbocycles. The van der Waals surface area contributed by atoms with E-state index in [1.54, 1.807) is 11.9 Å². The first-order valence-electron chi connectivity index (χ1n) is 6.56. The van der Waals surface area contributed by atoms with Crippen molar-refractivity contribution in [2.24, 2.45) is 0 Å². The normalized spacial score (nSPS) is 19.0. The fourth-order valence-electron chi connectivity index (χ4n) is 2.27. The number of hydrogen-bond donors (Lipinski definition) is 1. The van der Waals surface area contributed by atoms with Crippen LogP contribution in [0.15, 0.2) is 18.2 Å². The third-order valence-corrected chi connectivity index (χ3v) is 3.51. The van der Waals surface area contributed by atoms with E-state index in [1.165, 1.54) is 6.07 Å². The van der Waals surface area contributed by atoms with Crippen molar-refractivity contribution in [1.82, 2.24) is 9.80 Å². The highest BCUT2D eigenvalue weighted by Gasteiger charge is 2.21. The zero-order chi connectivity index (χ0) is 14.7. The second-order valence-electron chi connectivity index (χ2n) is 5.09. The van der Waals surface area contributed by atoms with E-state index in [4.69, 9.17) is 0 Å². The van der Waals surface area contributed by atoms with Gasteiger partial charge in [0.2, 0.25) is 5.91 Å². The van der Waals surface area contributed by atoms with Crippen LogP contribution in [0, 0.1) is 11.6 Å². The number of aliphatic hydroxyl groups is 1. The molecule has 20 heavy (non-hydrogen) atoms. The van der Waals surface area contributed by atoms with Crippen LogP contribution in [0.5, 0.6) is 0 Å². The highest BCUT2D eigenvalue weighted by atomic mass is 19.2. The number of benzene rings is 1. The Bertz CT molecular complexity index is 496. The predicted octanol–water partition coefficient (Wildman–Crippen LogP) is 1.16. The zero-order valence-electron chi connectivity index (χ0n) is 11.4. The van der Waals surface area contributed by atoms with Crippen molar-refractivity contribution in [1.29, 1.82) is 0 Å². The molecule has 1 heterocycles. The molecule has 1 atom stereocenters. The summed E-state index contributed by atoms with van der Waals surface area (Å²) >= 11 is 0. The first-order chi connectivity index (χ1) is 9.47. The molecule has 1 aromatic rings. The monoisotopic (exact) mass is 284 g/mol. The topological polar surface area (TPSA) is 43.8 Å². The largest absolute Gasteiger partial charge is 0.387 e. The minimum atomic E-state index is -0.978. The highest BCUT2D eigenvalue weighted by molar-refractivity contribution is 5.78. The Morgan fingerprint density at radius 3 is 2.75 bits per heavy atom. The molecule has 0 bridgehead atoms. The average molecular weight is 284 g/mol.